The van der Waals surface area contributed by atoms with Crippen molar-refractivity contribution in [1.82, 2.24) is 15.0 Å². The third kappa shape index (κ3) is 10.4. The SMILES string of the molecule is COc1ccc(N=Nc2c(S(=O)(=O)O)cc3cc(Nc4nc(Cl)nc(Nc5ccc6c(O)c(N=Nc7cc(S(=O)(=O)O)ccc7OC)c(S(=O)(=O)O)cc6c5)n4)ccc3c2O)c(S(=O)(=O)O)c1. The van der Waals surface area contributed by atoms with Gasteiger partial charge in [0.15, 0.2) is 11.5 Å². The van der Waals surface area contributed by atoms with Crippen LogP contribution in [0.2, 0.25) is 5.28 Å². The zero-order valence-corrected chi connectivity index (χ0v) is 37.5. The molecule has 0 radical (unpaired) electrons. The number of nitrogens with one attached hydrogen (secondary N) is 2. The minimum absolute atomic E-state index is 0.000188. The van der Waals surface area contributed by atoms with E-state index >= 15 is 0 Å². The Balaban J connectivity index is 1.19. The zero-order valence-electron chi connectivity index (χ0n) is 33.5. The van der Waals surface area contributed by atoms with Crippen molar-refractivity contribution in [3.05, 3.63) is 90.2 Å². The molecule has 25 nitrogen and oxygen atoms in total. The van der Waals surface area contributed by atoms with Crippen molar-refractivity contribution in [2.24, 2.45) is 20.5 Å². The summed E-state index contributed by atoms with van der Waals surface area (Å²) in [6, 6.07) is 16.3. The molecule has 0 bridgehead atoms. The average Bonchev–Trinajstić information content (AvgIpc) is 3.23. The average molecular weight is 1020 g/mol. The molecule has 0 atom stereocenters. The molecular weight excluding hydrogens is 990 g/mol. The van der Waals surface area contributed by atoms with E-state index in [0.717, 1.165) is 42.5 Å². The number of phenols is 2. The molecule has 0 aliphatic heterocycles. The fourth-order valence-corrected chi connectivity index (χ4v) is 8.81. The Morgan fingerprint density at radius 3 is 1.46 bits per heavy atom. The highest BCUT2D eigenvalue weighted by atomic mass is 35.5. The predicted octanol–water partition coefficient (Wildman–Crippen LogP) is 7.56. The van der Waals surface area contributed by atoms with Crippen LogP contribution in [0.25, 0.3) is 21.5 Å². The Bertz CT molecular complexity index is 3730. The number of anilines is 4. The van der Waals surface area contributed by atoms with Gasteiger partial charge in [-0.25, -0.2) is 0 Å². The standard InChI is InChI=1S/C37H28ClN9O16S4/c1-62-21-5-9-25(28(15-21)65(53,54)55)44-46-31-29(66(56,57)58)13-17-11-19(3-7-23(17)33(31)48)39-36-41-35(38)42-37(43-36)40-20-4-8-24-18(12-20)14-30(67(59,60)61)32(34(24)49)47-45-26-16-22(64(50,51)52)6-10-27(26)63-2/h3-16,48-49H,1-2H3,(H,50,51,52)(H,53,54,55)(H,56,57,58)(H,59,60,61)(H2,39,40,41,42,43). The number of hydrogen-bond donors (Lipinski definition) is 8. The van der Waals surface area contributed by atoms with E-state index in [2.05, 4.69) is 46.0 Å². The first-order chi connectivity index (χ1) is 31.3. The van der Waals surface area contributed by atoms with Crippen LogP contribution < -0.4 is 20.1 Å². The highest BCUT2D eigenvalue weighted by Gasteiger charge is 2.25. The van der Waals surface area contributed by atoms with Gasteiger partial charge in [-0.2, -0.15) is 48.6 Å². The van der Waals surface area contributed by atoms with E-state index in [-0.39, 0.29) is 67.3 Å². The maximum atomic E-state index is 12.5. The van der Waals surface area contributed by atoms with Crippen LogP contribution in [0.1, 0.15) is 0 Å². The van der Waals surface area contributed by atoms with Crippen LogP contribution in [-0.4, -0.2) is 91.3 Å². The summed E-state index contributed by atoms with van der Waals surface area (Å²) in [7, 11) is -17.4. The quantitative estimate of drug-likeness (QED) is 0.0384. The van der Waals surface area contributed by atoms with E-state index in [1.807, 2.05) is 0 Å². The zero-order chi connectivity index (χ0) is 48.8. The van der Waals surface area contributed by atoms with E-state index in [0.29, 0.717) is 0 Å². The maximum absolute atomic E-state index is 12.5. The largest absolute Gasteiger partial charge is 0.505 e. The lowest BCUT2D eigenvalue weighted by molar-refractivity contribution is 0.412. The summed E-state index contributed by atoms with van der Waals surface area (Å²) in [4.78, 5) is 9.09. The number of benzene rings is 6. The molecule has 0 saturated carbocycles. The number of ether oxygens (including phenoxy) is 2. The molecule has 7 aromatic rings. The molecule has 0 spiro atoms. The van der Waals surface area contributed by atoms with Crippen molar-refractivity contribution in [2.75, 3.05) is 24.9 Å². The Labute approximate surface area is 382 Å². The molecule has 0 aliphatic rings. The van der Waals surface area contributed by atoms with E-state index in [1.165, 1.54) is 56.7 Å². The highest BCUT2D eigenvalue weighted by Crippen LogP contribution is 2.45. The summed E-state index contributed by atoms with van der Waals surface area (Å²) in [6.45, 7) is 0. The lowest BCUT2D eigenvalue weighted by Crippen LogP contribution is -2.04. The second-order valence-corrected chi connectivity index (χ2v) is 19.4. The fraction of sp³-hybridized carbons (Fsp3) is 0.0541. The van der Waals surface area contributed by atoms with Crippen LogP contribution in [0.4, 0.5) is 46.0 Å². The van der Waals surface area contributed by atoms with Gasteiger partial charge in [-0.15, -0.1) is 20.5 Å². The van der Waals surface area contributed by atoms with E-state index in [4.69, 9.17) is 21.1 Å². The molecule has 0 fully saturated rings. The molecule has 1 heterocycles. The molecule has 6 aromatic carbocycles. The Hall–Kier alpha value is -7.22. The van der Waals surface area contributed by atoms with Crippen LogP contribution in [0.5, 0.6) is 23.0 Å². The summed E-state index contributed by atoms with van der Waals surface area (Å²) < 4.78 is 147. The molecule has 0 amide bonds. The maximum Gasteiger partial charge on any atom is 0.296 e. The Kier molecular flexibility index (Phi) is 12.7. The normalized spacial score (nSPS) is 12.6. The predicted molar refractivity (Wildman–Crippen MR) is 236 cm³/mol. The number of aromatic hydroxyl groups is 2. The molecule has 0 unspecified atom stereocenters. The number of rotatable bonds is 14. The van der Waals surface area contributed by atoms with Gasteiger partial charge in [0.1, 0.15) is 48.9 Å². The lowest BCUT2D eigenvalue weighted by atomic mass is 10.1. The van der Waals surface area contributed by atoms with Gasteiger partial charge in [-0.05, 0) is 101 Å². The van der Waals surface area contributed by atoms with Crippen LogP contribution in [0, 0.1) is 0 Å². The summed E-state index contributed by atoms with van der Waals surface area (Å²) >= 11 is 6.20. The summed E-state index contributed by atoms with van der Waals surface area (Å²) in [5, 5.41) is 42.6. The summed E-state index contributed by atoms with van der Waals surface area (Å²) in [5.74, 6) is -1.97. The van der Waals surface area contributed by atoms with Crippen LogP contribution in [0.3, 0.4) is 0 Å². The van der Waals surface area contributed by atoms with Gasteiger partial charge in [0.05, 0.1) is 19.1 Å². The van der Waals surface area contributed by atoms with Crippen molar-refractivity contribution in [3.8, 4) is 23.0 Å². The van der Waals surface area contributed by atoms with Crippen molar-refractivity contribution < 1.29 is 71.6 Å². The minimum atomic E-state index is -5.14. The van der Waals surface area contributed by atoms with Crippen LogP contribution >= 0.6 is 11.6 Å². The number of halogens is 1. The number of aromatic nitrogens is 3. The van der Waals surface area contributed by atoms with Gasteiger partial charge < -0.3 is 30.3 Å². The van der Waals surface area contributed by atoms with Gasteiger partial charge in [-0.3, -0.25) is 18.2 Å². The third-order valence-electron chi connectivity index (χ3n) is 9.19. The summed E-state index contributed by atoms with van der Waals surface area (Å²) in [6.07, 6.45) is 0. The molecule has 8 N–H and O–H groups in total. The molecule has 30 heteroatoms. The summed E-state index contributed by atoms with van der Waals surface area (Å²) in [5.41, 5.74) is -1.93. The van der Waals surface area contributed by atoms with Gasteiger partial charge >= 0.3 is 0 Å². The second-order valence-electron chi connectivity index (χ2n) is 13.5. The first kappa shape index (κ1) is 47.7. The molecule has 1 aromatic heterocycles. The highest BCUT2D eigenvalue weighted by molar-refractivity contribution is 7.86. The Morgan fingerprint density at radius 2 is 1.01 bits per heavy atom. The van der Waals surface area contributed by atoms with E-state index < -0.39 is 88.6 Å². The fourth-order valence-electron chi connectivity index (χ4n) is 6.19. The van der Waals surface area contributed by atoms with Gasteiger partial charge in [0.2, 0.25) is 17.2 Å². The number of azo groups is 2. The van der Waals surface area contributed by atoms with Gasteiger partial charge in [0, 0.05) is 28.2 Å². The minimum Gasteiger partial charge on any atom is -0.505 e. The van der Waals surface area contributed by atoms with E-state index in [1.54, 1.807) is 0 Å². The molecule has 67 heavy (non-hydrogen) atoms. The van der Waals surface area contributed by atoms with Crippen LogP contribution in [-0.2, 0) is 40.5 Å². The second kappa shape index (κ2) is 17.9. The topological polar surface area (TPSA) is 389 Å². The lowest BCUT2D eigenvalue weighted by Gasteiger charge is -2.13. The number of fused-ring (bicyclic) bond motifs is 2. The first-order valence-electron chi connectivity index (χ1n) is 18.0. The van der Waals surface area contributed by atoms with E-state index in [9.17, 15) is 62.1 Å². The molecular formula is C37H28ClN9O16S4. The molecule has 348 valence electrons. The van der Waals surface area contributed by atoms with Crippen molar-refractivity contribution in [2.45, 2.75) is 19.6 Å². The molecule has 7 rings (SSSR count). The molecule has 0 saturated heterocycles. The number of hydrogen-bond acceptors (Lipinski definition) is 21. The number of phenolic OH excluding ortho intramolecular Hbond substituents is 2. The first-order valence-corrected chi connectivity index (χ1v) is 24.1. The third-order valence-corrected chi connectivity index (χ3v) is 12.8. The van der Waals surface area contributed by atoms with Crippen LogP contribution in [0.15, 0.2) is 125 Å². The smallest absolute Gasteiger partial charge is 0.296 e. The van der Waals surface area contributed by atoms with Gasteiger partial charge in [0.25, 0.3) is 40.5 Å². The Morgan fingerprint density at radius 1 is 0.522 bits per heavy atom. The van der Waals surface area contributed by atoms with Crippen molar-refractivity contribution in [1.29, 1.82) is 0 Å². The number of nitrogens with zero attached hydrogens (tertiary/aromatic N) is 7. The van der Waals surface area contributed by atoms with Crippen molar-refractivity contribution in [3.63, 3.8) is 0 Å². The monoisotopic (exact) mass is 1020 g/mol. The molecule has 0 aliphatic carbocycles. The van der Waals surface area contributed by atoms with Crippen molar-refractivity contribution >= 4 is 120 Å². The van der Waals surface area contributed by atoms with Gasteiger partial charge in [-0.1, -0.05) is 0 Å². The number of methoxy groups -OCH3 is 2.